The zero-order valence-corrected chi connectivity index (χ0v) is 19.5. The van der Waals surface area contributed by atoms with Crippen molar-refractivity contribution < 1.29 is 4.39 Å². The minimum atomic E-state index is -0.666. The smallest absolute Gasteiger partial charge is 0.267 e. The summed E-state index contributed by atoms with van der Waals surface area (Å²) in [4.78, 5) is 34.4. The van der Waals surface area contributed by atoms with Gasteiger partial charge >= 0.3 is 0 Å². The fraction of sp³-hybridized carbons (Fsp3) is 0.208. The Morgan fingerprint density at radius 2 is 2.00 bits per heavy atom. The second-order valence-electron chi connectivity index (χ2n) is 8.01. The number of anilines is 1. The molecule has 172 valence electrons. The van der Waals surface area contributed by atoms with E-state index in [1.807, 2.05) is 39.0 Å². The number of hydrogen-bond acceptors (Lipinski definition) is 6. The summed E-state index contributed by atoms with van der Waals surface area (Å²) in [6.07, 6.45) is 3.56. The van der Waals surface area contributed by atoms with Crippen LogP contribution in [0.2, 0.25) is 5.02 Å². The van der Waals surface area contributed by atoms with Crippen molar-refractivity contribution in [2.75, 3.05) is 5.32 Å². The third-order valence-corrected chi connectivity index (χ3v) is 6.39. The Hall–Kier alpha value is -3.85. The molecule has 5 aromatic rings. The van der Waals surface area contributed by atoms with Crippen LogP contribution < -0.4 is 10.9 Å². The third kappa shape index (κ3) is 3.49. The van der Waals surface area contributed by atoms with Gasteiger partial charge in [0.1, 0.15) is 23.5 Å². The number of benzene rings is 2. The molecular formula is C24H21ClFN7O. The zero-order chi connectivity index (χ0) is 24.0. The first-order valence-electron chi connectivity index (χ1n) is 10.8. The molecule has 3 aromatic heterocycles. The highest BCUT2D eigenvalue weighted by molar-refractivity contribution is 6.35. The summed E-state index contributed by atoms with van der Waals surface area (Å²) < 4.78 is 15.8. The summed E-state index contributed by atoms with van der Waals surface area (Å²) >= 11 is 6.24. The van der Waals surface area contributed by atoms with Crippen molar-refractivity contribution in [3.63, 3.8) is 0 Å². The standard InChI is InChI=1S/C24H21ClFN7O/c1-4-15(31-22-20-21(28-10-27-20)29-11-30-22)23-32-16-9-8-14(26)19(25)18(16)24(34)33(23)17-7-5-6-12(2)13(17)3/h5-11,15H,4H2,1-3H3,(H2,27,28,29,30,31)/t15-/m1/s1. The fourth-order valence-electron chi connectivity index (χ4n) is 4.06. The van der Waals surface area contributed by atoms with E-state index in [1.54, 1.807) is 6.33 Å². The largest absolute Gasteiger partial charge is 0.358 e. The SMILES string of the molecule is CC[C@@H](Nc1ncnc2[nH]cnc12)c1nc2ccc(F)c(Cl)c2c(=O)n1-c1cccc(C)c1C. The van der Waals surface area contributed by atoms with E-state index in [9.17, 15) is 9.18 Å². The summed E-state index contributed by atoms with van der Waals surface area (Å²) in [5.41, 5.74) is 3.62. The lowest BCUT2D eigenvalue weighted by atomic mass is 10.1. The van der Waals surface area contributed by atoms with Gasteiger partial charge in [-0.3, -0.25) is 9.36 Å². The number of nitrogens with zero attached hydrogens (tertiary/aromatic N) is 5. The van der Waals surface area contributed by atoms with E-state index in [0.29, 0.717) is 40.4 Å². The van der Waals surface area contributed by atoms with Crippen molar-refractivity contribution >= 4 is 39.5 Å². The van der Waals surface area contributed by atoms with Gasteiger partial charge in [-0.2, -0.15) is 0 Å². The minimum absolute atomic E-state index is 0.0397. The molecule has 0 bridgehead atoms. The number of aryl methyl sites for hydroxylation is 1. The lowest BCUT2D eigenvalue weighted by Gasteiger charge is -2.23. The van der Waals surface area contributed by atoms with Crippen molar-refractivity contribution in [1.82, 2.24) is 29.5 Å². The van der Waals surface area contributed by atoms with Crippen LogP contribution in [-0.4, -0.2) is 29.5 Å². The van der Waals surface area contributed by atoms with Gasteiger partial charge < -0.3 is 10.3 Å². The Balaban J connectivity index is 1.79. The molecule has 0 aliphatic carbocycles. The molecule has 0 saturated heterocycles. The highest BCUT2D eigenvalue weighted by Crippen LogP contribution is 2.29. The van der Waals surface area contributed by atoms with E-state index in [2.05, 4.69) is 25.3 Å². The van der Waals surface area contributed by atoms with Crippen molar-refractivity contribution in [2.45, 2.75) is 33.2 Å². The van der Waals surface area contributed by atoms with E-state index in [4.69, 9.17) is 16.6 Å². The second kappa shape index (κ2) is 8.49. The number of halogens is 2. The number of hydrogen-bond donors (Lipinski definition) is 2. The third-order valence-electron chi connectivity index (χ3n) is 6.02. The monoisotopic (exact) mass is 477 g/mol. The average Bonchev–Trinajstić information content (AvgIpc) is 3.31. The maximum atomic E-state index is 14.3. The summed E-state index contributed by atoms with van der Waals surface area (Å²) in [7, 11) is 0. The molecule has 0 radical (unpaired) electrons. The number of fused-ring (bicyclic) bond motifs is 2. The van der Waals surface area contributed by atoms with Crippen LogP contribution in [0.25, 0.3) is 27.8 Å². The molecule has 0 saturated carbocycles. The first-order valence-corrected chi connectivity index (χ1v) is 11.2. The number of aromatic amines is 1. The first kappa shape index (κ1) is 22.0. The van der Waals surface area contributed by atoms with Gasteiger partial charge in [0.2, 0.25) is 0 Å². The van der Waals surface area contributed by atoms with Crippen LogP contribution in [0, 0.1) is 19.7 Å². The molecule has 10 heteroatoms. The van der Waals surface area contributed by atoms with Gasteiger partial charge in [0.25, 0.3) is 5.56 Å². The minimum Gasteiger partial charge on any atom is -0.358 e. The molecule has 5 rings (SSSR count). The van der Waals surface area contributed by atoms with E-state index in [0.717, 1.165) is 11.1 Å². The molecule has 0 aliphatic rings. The van der Waals surface area contributed by atoms with Crippen LogP contribution in [0.5, 0.6) is 0 Å². The molecule has 0 spiro atoms. The van der Waals surface area contributed by atoms with Crippen LogP contribution in [0.15, 0.2) is 47.8 Å². The first-order chi connectivity index (χ1) is 16.4. The summed E-state index contributed by atoms with van der Waals surface area (Å²) in [5.74, 6) is 0.302. The molecule has 3 heterocycles. The molecule has 34 heavy (non-hydrogen) atoms. The van der Waals surface area contributed by atoms with Gasteiger partial charge in [-0.15, -0.1) is 0 Å². The average molecular weight is 478 g/mol. The van der Waals surface area contributed by atoms with Gasteiger partial charge in [-0.25, -0.2) is 24.3 Å². The molecule has 0 aliphatic heterocycles. The van der Waals surface area contributed by atoms with Crippen LogP contribution in [0.3, 0.4) is 0 Å². The number of aromatic nitrogens is 6. The molecule has 8 nitrogen and oxygen atoms in total. The summed E-state index contributed by atoms with van der Waals surface area (Å²) in [5, 5.41) is 3.17. The van der Waals surface area contributed by atoms with Crippen LogP contribution in [0.4, 0.5) is 10.2 Å². The molecule has 0 unspecified atom stereocenters. The Bertz CT molecular complexity index is 1610. The molecule has 2 aromatic carbocycles. The maximum Gasteiger partial charge on any atom is 0.267 e. The van der Waals surface area contributed by atoms with Gasteiger partial charge in [-0.1, -0.05) is 30.7 Å². The lowest BCUT2D eigenvalue weighted by Crippen LogP contribution is -2.29. The van der Waals surface area contributed by atoms with E-state index < -0.39 is 17.4 Å². The predicted molar refractivity (Wildman–Crippen MR) is 130 cm³/mol. The number of rotatable bonds is 5. The maximum absolute atomic E-state index is 14.3. The number of nitrogens with one attached hydrogen (secondary N) is 2. The quantitative estimate of drug-likeness (QED) is 0.368. The Morgan fingerprint density at radius 3 is 2.79 bits per heavy atom. The van der Waals surface area contributed by atoms with E-state index in [1.165, 1.54) is 23.0 Å². The Kier molecular flexibility index (Phi) is 5.49. The number of imidazole rings is 1. The number of H-pyrrole nitrogens is 1. The summed E-state index contributed by atoms with van der Waals surface area (Å²) in [6, 6.07) is 7.95. The second-order valence-corrected chi connectivity index (χ2v) is 8.39. The molecule has 2 N–H and O–H groups in total. The van der Waals surface area contributed by atoms with Crippen molar-refractivity contribution in [3.05, 3.63) is 81.1 Å². The Labute approximate surface area is 198 Å². The molecule has 0 amide bonds. The normalized spacial score (nSPS) is 12.4. The summed E-state index contributed by atoms with van der Waals surface area (Å²) in [6.45, 7) is 5.88. The highest BCUT2D eigenvalue weighted by Gasteiger charge is 2.24. The van der Waals surface area contributed by atoms with Gasteiger partial charge in [0.15, 0.2) is 11.5 Å². The van der Waals surface area contributed by atoms with Gasteiger partial charge in [0.05, 0.1) is 34.0 Å². The van der Waals surface area contributed by atoms with Gasteiger partial charge in [-0.05, 0) is 49.6 Å². The van der Waals surface area contributed by atoms with Crippen LogP contribution in [0.1, 0.15) is 36.3 Å². The zero-order valence-electron chi connectivity index (χ0n) is 18.7. The van der Waals surface area contributed by atoms with E-state index >= 15 is 0 Å². The van der Waals surface area contributed by atoms with E-state index in [-0.39, 0.29) is 10.4 Å². The Morgan fingerprint density at radius 1 is 1.18 bits per heavy atom. The molecule has 1 atom stereocenters. The van der Waals surface area contributed by atoms with Gasteiger partial charge in [0, 0.05) is 0 Å². The van der Waals surface area contributed by atoms with Crippen LogP contribution >= 0.6 is 11.6 Å². The van der Waals surface area contributed by atoms with Crippen LogP contribution in [-0.2, 0) is 0 Å². The van der Waals surface area contributed by atoms with Crippen molar-refractivity contribution in [1.29, 1.82) is 0 Å². The fourth-order valence-corrected chi connectivity index (χ4v) is 4.30. The molecule has 0 fully saturated rings. The van der Waals surface area contributed by atoms with Crippen molar-refractivity contribution in [3.8, 4) is 5.69 Å². The topological polar surface area (TPSA) is 101 Å². The lowest BCUT2D eigenvalue weighted by molar-refractivity contribution is 0.628. The molecular weight excluding hydrogens is 457 g/mol. The predicted octanol–water partition coefficient (Wildman–Crippen LogP) is 5.02. The highest BCUT2D eigenvalue weighted by atomic mass is 35.5. The van der Waals surface area contributed by atoms with Crippen molar-refractivity contribution in [2.24, 2.45) is 0 Å².